The van der Waals surface area contributed by atoms with Crippen molar-refractivity contribution >= 4 is 5.95 Å². The minimum Gasteiger partial charge on any atom is -0.356 e. The van der Waals surface area contributed by atoms with E-state index in [4.69, 9.17) is 4.52 Å². The summed E-state index contributed by atoms with van der Waals surface area (Å²) in [6.45, 7) is 4.04. The Hall–Kier alpha value is -2.69. The second-order valence-corrected chi connectivity index (χ2v) is 5.83. The molecule has 1 aromatic carbocycles. The largest absolute Gasteiger partial charge is 0.356 e. The van der Waals surface area contributed by atoms with Gasteiger partial charge in [-0.05, 0) is 25.8 Å². The molecule has 23 heavy (non-hydrogen) atoms. The highest BCUT2D eigenvalue weighted by Gasteiger charge is 2.17. The van der Waals surface area contributed by atoms with Gasteiger partial charge in [-0.25, -0.2) is 9.97 Å². The Bertz CT molecular complexity index is 807. The average Bonchev–Trinajstić information content (AvgIpc) is 3.27. The quantitative estimate of drug-likeness (QED) is 0.738. The molecule has 0 saturated carbocycles. The molecule has 4 rings (SSSR count). The van der Waals surface area contributed by atoms with Gasteiger partial charge in [0.2, 0.25) is 5.95 Å². The fourth-order valence-electron chi connectivity index (χ4n) is 2.88. The predicted molar refractivity (Wildman–Crippen MR) is 89.1 cm³/mol. The van der Waals surface area contributed by atoms with Gasteiger partial charge >= 0.3 is 0 Å². The van der Waals surface area contributed by atoms with Crippen molar-refractivity contribution in [3.8, 4) is 22.7 Å². The van der Waals surface area contributed by atoms with Crippen molar-refractivity contribution in [2.24, 2.45) is 0 Å². The molecular formula is C18H18N4O. The Morgan fingerprint density at radius 1 is 0.957 bits per heavy atom. The van der Waals surface area contributed by atoms with Crippen molar-refractivity contribution in [3.05, 3.63) is 48.2 Å². The van der Waals surface area contributed by atoms with Gasteiger partial charge in [-0.3, -0.25) is 0 Å². The summed E-state index contributed by atoms with van der Waals surface area (Å²) in [5.41, 5.74) is 3.51. The van der Waals surface area contributed by atoms with E-state index in [1.54, 1.807) is 0 Å². The number of aromatic nitrogens is 3. The minimum atomic E-state index is 0.745. The molecule has 3 aromatic rings. The number of benzene rings is 1. The summed E-state index contributed by atoms with van der Waals surface area (Å²) in [6, 6.07) is 13.8. The first-order chi connectivity index (χ1) is 11.3. The standard InChI is InChI=1S/C18H18N4O/c1-13-11-15(20-18(19-13)22-9-5-6-10-22)16-12-17(23-21-16)14-7-3-2-4-8-14/h2-4,7-8,11-12H,5-6,9-10H2,1H3. The fraction of sp³-hybridized carbons (Fsp3) is 0.278. The second-order valence-electron chi connectivity index (χ2n) is 5.83. The van der Waals surface area contributed by atoms with Gasteiger partial charge < -0.3 is 9.42 Å². The minimum absolute atomic E-state index is 0.745. The van der Waals surface area contributed by atoms with E-state index in [1.807, 2.05) is 49.4 Å². The van der Waals surface area contributed by atoms with Gasteiger partial charge in [0.25, 0.3) is 0 Å². The van der Waals surface area contributed by atoms with Crippen LogP contribution in [0.2, 0.25) is 0 Å². The van der Waals surface area contributed by atoms with Crippen molar-refractivity contribution < 1.29 is 4.52 Å². The smallest absolute Gasteiger partial charge is 0.226 e. The van der Waals surface area contributed by atoms with Crippen LogP contribution in [0, 0.1) is 6.92 Å². The number of hydrogen-bond acceptors (Lipinski definition) is 5. The van der Waals surface area contributed by atoms with Gasteiger partial charge in [-0.1, -0.05) is 35.5 Å². The van der Waals surface area contributed by atoms with Gasteiger partial charge in [-0.2, -0.15) is 0 Å². The SMILES string of the molecule is Cc1cc(-c2cc(-c3ccccc3)on2)nc(N2CCCC2)n1. The van der Waals surface area contributed by atoms with Crippen molar-refractivity contribution in [2.75, 3.05) is 18.0 Å². The lowest BCUT2D eigenvalue weighted by Gasteiger charge is -2.15. The van der Waals surface area contributed by atoms with Crippen LogP contribution in [0.5, 0.6) is 0 Å². The molecule has 0 N–H and O–H groups in total. The Labute approximate surface area is 135 Å². The molecule has 1 aliphatic rings. The summed E-state index contributed by atoms with van der Waals surface area (Å²) in [4.78, 5) is 11.5. The molecule has 0 radical (unpaired) electrons. The van der Waals surface area contributed by atoms with Crippen molar-refractivity contribution in [1.82, 2.24) is 15.1 Å². The first-order valence-corrected chi connectivity index (χ1v) is 7.93. The number of nitrogens with zero attached hydrogens (tertiary/aromatic N) is 4. The third-order valence-electron chi connectivity index (χ3n) is 4.06. The molecule has 3 heterocycles. The van der Waals surface area contributed by atoms with Gasteiger partial charge in [0, 0.05) is 30.4 Å². The van der Waals surface area contributed by atoms with Crippen molar-refractivity contribution in [3.63, 3.8) is 0 Å². The maximum atomic E-state index is 5.49. The summed E-state index contributed by atoms with van der Waals surface area (Å²) in [6.07, 6.45) is 2.41. The Kier molecular flexibility index (Phi) is 3.54. The van der Waals surface area contributed by atoms with Crippen LogP contribution in [0.15, 0.2) is 47.0 Å². The lowest BCUT2D eigenvalue weighted by molar-refractivity contribution is 0.434. The number of rotatable bonds is 3. The van der Waals surface area contributed by atoms with Crippen LogP contribution in [0.1, 0.15) is 18.5 Å². The number of anilines is 1. The van der Waals surface area contributed by atoms with Crippen LogP contribution in [-0.4, -0.2) is 28.2 Å². The number of hydrogen-bond donors (Lipinski definition) is 0. The number of aryl methyl sites for hydroxylation is 1. The predicted octanol–water partition coefficient (Wildman–Crippen LogP) is 3.71. The molecule has 0 spiro atoms. The summed E-state index contributed by atoms with van der Waals surface area (Å²) < 4.78 is 5.49. The van der Waals surface area contributed by atoms with E-state index in [1.165, 1.54) is 12.8 Å². The van der Waals surface area contributed by atoms with Crippen LogP contribution in [-0.2, 0) is 0 Å². The lowest BCUT2D eigenvalue weighted by atomic mass is 10.1. The lowest BCUT2D eigenvalue weighted by Crippen LogP contribution is -2.20. The molecule has 0 bridgehead atoms. The van der Waals surface area contributed by atoms with Crippen LogP contribution in [0.4, 0.5) is 5.95 Å². The van der Waals surface area contributed by atoms with Crippen molar-refractivity contribution in [2.45, 2.75) is 19.8 Å². The Balaban J connectivity index is 1.69. The molecule has 5 heteroatoms. The third kappa shape index (κ3) is 2.82. The van der Waals surface area contributed by atoms with Gasteiger partial charge in [0.05, 0.1) is 5.69 Å². The summed E-state index contributed by atoms with van der Waals surface area (Å²) in [5, 5.41) is 4.19. The topological polar surface area (TPSA) is 55.1 Å². The van der Waals surface area contributed by atoms with Gasteiger partial charge in [-0.15, -0.1) is 0 Å². The van der Waals surface area contributed by atoms with Crippen LogP contribution in [0.25, 0.3) is 22.7 Å². The van der Waals surface area contributed by atoms with Crippen LogP contribution < -0.4 is 4.90 Å². The molecule has 0 unspecified atom stereocenters. The van der Waals surface area contributed by atoms with E-state index in [0.29, 0.717) is 0 Å². The molecule has 2 aromatic heterocycles. The summed E-state index contributed by atoms with van der Waals surface area (Å²) >= 11 is 0. The zero-order chi connectivity index (χ0) is 15.6. The molecule has 1 aliphatic heterocycles. The Morgan fingerprint density at radius 3 is 2.52 bits per heavy atom. The monoisotopic (exact) mass is 306 g/mol. The maximum Gasteiger partial charge on any atom is 0.226 e. The average molecular weight is 306 g/mol. The molecule has 5 nitrogen and oxygen atoms in total. The fourth-order valence-corrected chi connectivity index (χ4v) is 2.88. The first kappa shape index (κ1) is 13.9. The summed E-state index contributed by atoms with van der Waals surface area (Å²) in [7, 11) is 0. The van der Waals surface area contributed by atoms with E-state index in [0.717, 1.165) is 47.4 Å². The second kappa shape index (κ2) is 5.83. The molecule has 1 fully saturated rings. The molecule has 0 atom stereocenters. The van der Waals surface area contributed by atoms with Crippen LogP contribution in [0.3, 0.4) is 0 Å². The van der Waals surface area contributed by atoms with Gasteiger partial charge in [0.15, 0.2) is 5.76 Å². The van der Waals surface area contributed by atoms with E-state index < -0.39 is 0 Å². The zero-order valence-electron chi connectivity index (χ0n) is 13.1. The highest BCUT2D eigenvalue weighted by atomic mass is 16.5. The molecule has 0 aliphatic carbocycles. The normalized spacial score (nSPS) is 14.4. The van der Waals surface area contributed by atoms with E-state index in [-0.39, 0.29) is 0 Å². The summed E-state index contributed by atoms with van der Waals surface area (Å²) in [5.74, 6) is 1.54. The van der Waals surface area contributed by atoms with E-state index in [9.17, 15) is 0 Å². The first-order valence-electron chi connectivity index (χ1n) is 7.93. The Morgan fingerprint density at radius 2 is 1.74 bits per heavy atom. The zero-order valence-corrected chi connectivity index (χ0v) is 13.1. The molecule has 0 amide bonds. The van der Waals surface area contributed by atoms with E-state index in [2.05, 4.69) is 20.0 Å². The molecule has 116 valence electrons. The maximum absolute atomic E-state index is 5.49. The highest BCUT2D eigenvalue weighted by Crippen LogP contribution is 2.26. The molecule has 1 saturated heterocycles. The van der Waals surface area contributed by atoms with Crippen molar-refractivity contribution in [1.29, 1.82) is 0 Å². The van der Waals surface area contributed by atoms with Gasteiger partial charge in [0.1, 0.15) is 5.69 Å². The van der Waals surface area contributed by atoms with E-state index >= 15 is 0 Å². The highest BCUT2D eigenvalue weighted by molar-refractivity contribution is 5.65. The van der Waals surface area contributed by atoms with Crippen LogP contribution >= 0.6 is 0 Å². The third-order valence-corrected chi connectivity index (χ3v) is 4.06. The molecular weight excluding hydrogens is 288 g/mol.